The van der Waals surface area contributed by atoms with Gasteiger partial charge in [-0.15, -0.1) is 0 Å². The Morgan fingerprint density at radius 2 is 1.74 bits per heavy atom. The molecule has 0 N–H and O–H groups in total. The van der Waals surface area contributed by atoms with Crippen LogP contribution in [0.3, 0.4) is 0 Å². The lowest BCUT2D eigenvalue weighted by Gasteiger charge is -2.58. The van der Waals surface area contributed by atoms with E-state index in [4.69, 9.17) is 0 Å². The molecule has 0 atom stereocenters. The van der Waals surface area contributed by atoms with Crippen molar-refractivity contribution in [1.29, 1.82) is 0 Å². The fourth-order valence-electron chi connectivity index (χ4n) is 6.64. The summed E-state index contributed by atoms with van der Waals surface area (Å²) in [6.45, 7) is 6.78. The number of carbonyl (C=O) groups excluding carboxylic acids is 1. The predicted octanol–water partition coefficient (Wildman–Crippen LogP) is 2.89. The normalized spacial score (nSPS) is 36.0. The third kappa shape index (κ3) is 3.35. The van der Waals surface area contributed by atoms with Gasteiger partial charge in [0.1, 0.15) is 0 Å². The Bertz CT molecular complexity index is 688. The number of hydrogen-bond donors (Lipinski definition) is 0. The van der Waals surface area contributed by atoms with Gasteiger partial charge in [0.05, 0.1) is 6.20 Å². The van der Waals surface area contributed by atoms with Crippen molar-refractivity contribution in [3.05, 3.63) is 24.0 Å². The van der Waals surface area contributed by atoms with Crippen LogP contribution in [0.4, 0.5) is 0 Å². The van der Waals surface area contributed by atoms with Crippen LogP contribution in [0.15, 0.2) is 18.5 Å². The van der Waals surface area contributed by atoms with E-state index in [1.54, 1.807) is 6.08 Å². The first kappa shape index (κ1) is 17.5. The maximum atomic E-state index is 12.6. The molecule has 2 heterocycles. The van der Waals surface area contributed by atoms with Gasteiger partial charge in [-0.1, -0.05) is 0 Å². The van der Waals surface area contributed by atoms with E-state index in [0.717, 1.165) is 68.0 Å². The van der Waals surface area contributed by atoms with Gasteiger partial charge >= 0.3 is 0 Å². The summed E-state index contributed by atoms with van der Waals surface area (Å²) >= 11 is 0. The van der Waals surface area contributed by atoms with Gasteiger partial charge in [-0.05, 0) is 68.8 Å². The third-order valence-electron chi connectivity index (χ3n) is 7.62. The lowest BCUT2D eigenvalue weighted by molar-refractivity contribution is -0.130. The van der Waals surface area contributed by atoms with Crippen LogP contribution in [0.25, 0.3) is 6.08 Å². The summed E-state index contributed by atoms with van der Waals surface area (Å²) < 4.78 is 1.88. The molecular weight excluding hydrogens is 336 g/mol. The predicted molar refractivity (Wildman–Crippen MR) is 106 cm³/mol. The molecule has 5 fully saturated rings. The topological polar surface area (TPSA) is 41.4 Å². The van der Waals surface area contributed by atoms with Crippen molar-refractivity contribution in [1.82, 2.24) is 19.6 Å². The van der Waals surface area contributed by atoms with E-state index >= 15 is 0 Å². The monoisotopic (exact) mass is 368 g/mol. The zero-order valence-corrected chi connectivity index (χ0v) is 16.5. The molecule has 4 saturated carbocycles. The first-order valence-corrected chi connectivity index (χ1v) is 10.9. The average molecular weight is 369 g/mol. The first-order valence-electron chi connectivity index (χ1n) is 10.9. The van der Waals surface area contributed by atoms with Crippen molar-refractivity contribution < 1.29 is 4.79 Å². The summed E-state index contributed by atoms with van der Waals surface area (Å²) in [6, 6.07) is 0.811. The van der Waals surface area contributed by atoms with Gasteiger partial charge in [0.25, 0.3) is 0 Å². The molecule has 27 heavy (non-hydrogen) atoms. The second-order valence-electron chi connectivity index (χ2n) is 9.25. The standard InChI is InChI=1S/C22H32N4O/c1-2-26-15-16(14-23-26)3-4-21(27)24-5-7-25(8-6-24)22-19-10-17-9-18(12-19)13-20(22)11-17/h3-4,14-15,17-20,22H,2,5-13H2,1H3/b4-3+. The maximum absolute atomic E-state index is 12.6. The zero-order valence-electron chi connectivity index (χ0n) is 16.5. The van der Waals surface area contributed by atoms with Gasteiger partial charge in [-0.25, -0.2) is 0 Å². The number of nitrogens with zero attached hydrogens (tertiary/aromatic N) is 4. The molecule has 1 saturated heterocycles. The minimum Gasteiger partial charge on any atom is -0.337 e. The Labute approximate surface area is 162 Å². The lowest BCUT2D eigenvalue weighted by Crippen LogP contribution is -2.60. The summed E-state index contributed by atoms with van der Waals surface area (Å²) in [5, 5.41) is 4.26. The van der Waals surface area contributed by atoms with Crippen molar-refractivity contribution in [2.45, 2.75) is 51.6 Å². The number of amides is 1. The van der Waals surface area contributed by atoms with E-state index < -0.39 is 0 Å². The van der Waals surface area contributed by atoms with Crippen molar-refractivity contribution >= 4 is 12.0 Å². The molecule has 0 radical (unpaired) electrons. The highest BCUT2D eigenvalue weighted by Gasteiger charge is 2.50. The fraction of sp³-hybridized carbons (Fsp3) is 0.727. The number of hydrogen-bond acceptors (Lipinski definition) is 3. The van der Waals surface area contributed by atoms with E-state index in [2.05, 4.69) is 16.9 Å². The minimum atomic E-state index is 0.143. The average Bonchev–Trinajstić information content (AvgIpc) is 3.14. The Balaban J connectivity index is 1.16. The van der Waals surface area contributed by atoms with E-state index in [-0.39, 0.29) is 5.91 Å². The van der Waals surface area contributed by atoms with E-state index in [0.29, 0.717) is 0 Å². The van der Waals surface area contributed by atoms with Crippen molar-refractivity contribution in [2.24, 2.45) is 23.7 Å². The molecule has 0 unspecified atom stereocenters. The SMILES string of the molecule is CCn1cc(/C=C/C(=O)N2CCN(C3C4CC5CC(C4)CC3C5)CC2)cn1. The van der Waals surface area contributed by atoms with Gasteiger partial charge in [-0.3, -0.25) is 14.4 Å². The van der Waals surface area contributed by atoms with Crippen LogP contribution in [0.1, 0.15) is 44.6 Å². The first-order chi connectivity index (χ1) is 13.2. The minimum absolute atomic E-state index is 0.143. The summed E-state index contributed by atoms with van der Waals surface area (Å²) in [4.78, 5) is 17.3. The van der Waals surface area contributed by atoms with Crippen LogP contribution in [0, 0.1) is 23.7 Å². The van der Waals surface area contributed by atoms with Gasteiger partial charge in [0, 0.05) is 56.6 Å². The highest BCUT2D eigenvalue weighted by Crippen LogP contribution is 2.55. The molecule has 4 bridgehead atoms. The molecule has 4 aliphatic carbocycles. The largest absolute Gasteiger partial charge is 0.337 e. The molecule has 1 aliphatic heterocycles. The summed E-state index contributed by atoms with van der Waals surface area (Å²) in [5.41, 5.74) is 0.998. The summed E-state index contributed by atoms with van der Waals surface area (Å²) in [5.74, 6) is 4.10. The molecule has 146 valence electrons. The summed E-state index contributed by atoms with van der Waals surface area (Å²) in [6.07, 6.45) is 14.8. The smallest absolute Gasteiger partial charge is 0.246 e. The molecule has 6 rings (SSSR count). The number of piperazine rings is 1. The van der Waals surface area contributed by atoms with E-state index in [1.165, 1.54) is 32.1 Å². The second-order valence-corrected chi connectivity index (χ2v) is 9.25. The molecule has 5 aliphatic rings. The second kappa shape index (κ2) is 7.08. The molecule has 0 spiro atoms. The number of aromatic nitrogens is 2. The van der Waals surface area contributed by atoms with Gasteiger partial charge in [0.2, 0.25) is 5.91 Å². The van der Waals surface area contributed by atoms with Crippen LogP contribution in [-0.2, 0) is 11.3 Å². The molecule has 5 heteroatoms. The van der Waals surface area contributed by atoms with E-state index in [9.17, 15) is 4.79 Å². The van der Waals surface area contributed by atoms with Crippen LogP contribution < -0.4 is 0 Å². The van der Waals surface area contributed by atoms with Crippen molar-refractivity contribution in [2.75, 3.05) is 26.2 Å². The highest BCUT2D eigenvalue weighted by atomic mass is 16.2. The number of rotatable bonds is 4. The summed E-state index contributed by atoms with van der Waals surface area (Å²) in [7, 11) is 0. The fourth-order valence-corrected chi connectivity index (χ4v) is 6.64. The van der Waals surface area contributed by atoms with Crippen LogP contribution in [0.2, 0.25) is 0 Å². The number of aryl methyl sites for hydroxylation is 1. The third-order valence-corrected chi connectivity index (χ3v) is 7.62. The molecule has 1 amide bonds. The van der Waals surface area contributed by atoms with Crippen LogP contribution >= 0.6 is 0 Å². The molecular formula is C22H32N4O. The zero-order chi connectivity index (χ0) is 18.4. The molecule has 1 aromatic rings. The van der Waals surface area contributed by atoms with E-state index in [1.807, 2.05) is 28.1 Å². The van der Waals surface area contributed by atoms with Crippen molar-refractivity contribution in [3.63, 3.8) is 0 Å². The maximum Gasteiger partial charge on any atom is 0.246 e. The Hall–Kier alpha value is -1.62. The number of carbonyl (C=O) groups is 1. The quantitative estimate of drug-likeness (QED) is 0.768. The van der Waals surface area contributed by atoms with Crippen LogP contribution in [0.5, 0.6) is 0 Å². The van der Waals surface area contributed by atoms with Crippen LogP contribution in [-0.4, -0.2) is 57.7 Å². The molecule has 1 aromatic heterocycles. The Morgan fingerprint density at radius 3 is 2.33 bits per heavy atom. The lowest BCUT2D eigenvalue weighted by atomic mass is 9.54. The molecule has 5 nitrogen and oxygen atoms in total. The Morgan fingerprint density at radius 1 is 1.07 bits per heavy atom. The van der Waals surface area contributed by atoms with Gasteiger partial charge in [-0.2, -0.15) is 5.10 Å². The van der Waals surface area contributed by atoms with Gasteiger partial charge < -0.3 is 4.90 Å². The Kier molecular flexibility index (Phi) is 4.58. The highest BCUT2D eigenvalue weighted by molar-refractivity contribution is 5.91. The van der Waals surface area contributed by atoms with Gasteiger partial charge in [0.15, 0.2) is 0 Å². The van der Waals surface area contributed by atoms with Crippen molar-refractivity contribution in [3.8, 4) is 0 Å². The molecule has 0 aromatic carbocycles.